The average Bonchev–Trinajstić information content (AvgIpc) is 2.77. The maximum absolute atomic E-state index is 4.67. The minimum absolute atomic E-state index is 0.156. The molecule has 2 aromatic rings. The molecule has 2 rings (SSSR count). The molecule has 2 heterocycles. The number of rotatable bonds is 5. The van der Waals surface area contributed by atoms with Crippen LogP contribution in [0.3, 0.4) is 0 Å². The van der Waals surface area contributed by atoms with Crippen molar-refractivity contribution in [3.8, 4) is 0 Å². The Kier molecular flexibility index (Phi) is 4.84. The van der Waals surface area contributed by atoms with Crippen LogP contribution in [0.5, 0.6) is 0 Å². The number of aryl methyl sites for hydroxylation is 2. The van der Waals surface area contributed by atoms with Gasteiger partial charge in [-0.2, -0.15) is 5.10 Å². The van der Waals surface area contributed by atoms with Crippen LogP contribution in [0, 0.1) is 6.92 Å². The van der Waals surface area contributed by atoms with Crippen molar-refractivity contribution in [3.63, 3.8) is 0 Å². The highest BCUT2D eigenvalue weighted by Crippen LogP contribution is 2.24. The minimum Gasteiger partial charge on any atom is -0.363 e. The van der Waals surface area contributed by atoms with Crippen LogP contribution in [0.15, 0.2) is 12.3 Å². The zero-order valence-corrected chi connectivity index (χ0v) is 14.7. The fourth-order valence-corrected chi connectivity index (χ4v) is 2.46. The highest BCUT2D eigenvalue weighted by molar-refractivity contribution is 5.41. The Balaban J connectivity index is 2.30. The van der Waals surface area contributed by atoms with Gasteiger partial charge < -0.3 is 5.32 Å². The van der Waals surface area contributed by atoms with E-state index in [1.165, 1.54) is 5.56 Å². The second kappa shape index (κ2) is 6.46. The van der Waals surface area contributed by atoms with Gasteiger partial charge in [-0.05, 0) is 19.8 Å². The van der Waals surface area contributed by atoms with Gasteiger partial charge in [0.05, 0.1) is 11.7 Å². The molecule has 0 amide bonds. The van der Waals surface area contributed by atoms with Gasteiger partial charge in [0, 0.05) is 36.5 Å². The van der Waals surface area contributed by atoms with Gasteiger partial charge in [0.2, 0.25) is 0 Å². The molecule has 5 nitrogen and oxygen atoms in total. The molecule has 1 N–H and O–H groups in total. The maximum atomic E-state index is 4.67. The first-order valence-corrected chi connectivity index (χ1v) is 7.93. The lowest BCUT2D eigenvalue weighted by Gasteiger charge is -2.17. The summed E-state index contributed by atoms with van der Waals surface area (Å²) in [4.78, 5) is 9.33. The van der Waals surface area contributed by atoms with Gasteiger partial charge in [0.25, 0.3) is 0 Å². The summed E-state index contributed by atoms with van der Waals surface area (Å²) in [5, 5.41) is 7.91. The zero-order chi connectivity index (χ0) is 16.4. The molecule has 0 fully saturated rings. The fraction of sp³-hybridized carbons (Fsp3) is 0.588. The number of aromatic nitrogens is 4. The quantitative estimate of drug-likeness (QED) is 0.909. The molecule has 0 radical (unpaired) electrons. The van der Waals surface area contributed by atoms with Crippen molar-refractivity contribution >= 4 is 5.82 Å². The smallest absolute Gasteiger partial charge is 0.133 e. The fourth-order valence-electron chi connectivity index (χ4n) is 2.46. The second-order valence-corrected chi connectivity index (χ2v) is 6.56. The van der Waals surface area contributed by atoms with Crippen molar-refractivity contribution in [1.82, 2.24) is 19.7 Å². The molecule has 120 valence electrons. The molecule has 0 unspecified atom stereocenters. The lowest BCUT2D eigenvalue weighted by atomic mass is 10.1. The van der Waals surface area contributed by atoms with E-state index >= 15 is 0 Å². The van der Waals surface area contributed by atoms with Gasteiger partial charge in [-0.25, -0.2) is 9.97 Å². The molecule has 0 aliphatic carbocycles. The molecule has 5 heteroatoms. The van der Waals surface area contributed by atoms with E-state index in [1.807, 2.05) is 18.7 Å². The standard InChI is InChI=1S/C17H27N5/c1-10(2)15-8-16(20-17(19-15)11(3)4)18-12(5)14-9-22(7)21-13(14)6/h8-12H,1-7H3,(H,18,19,20)/t12-/m1/s1. The van der Waals surface area contributed by atoms with Crippen LogP contribution in [0.25, 0.3) is 0 Å². The lowest BCUT2D eigenvalue weighted by molar-refractivity contribution is 0.726. The van der Waals surface area contributed by atoms with E-state index in [2.05, 4.69) is 67.3 Å². The third-order valence-corrected chi connectivity index (χ3v) is 3.75. The van der Waals surface area contributed by atoms with Gasteiger partial charge in [0.15, 0.2) is 0 Å². The number of nitrogens with zero attached hydrogens (tertiary/aromatic N) is 4. The van der Waals surface area contributed by atoms with E-state index in [1.54, 1.807) is 0 Å². The molecule has 0 aromatic carbocycles. The summed E-state index contributed by atoms with van der Waals surface area (Å²) >= 11 is 0. The molecule has 2 aromatic heterocycles. The molecule has 22 heavy (non-hydrogen) atoms. The molecule has 0 spiro atoms. The monoisotopic (exact) mass is 301 g/mol. The van der Waals surface area contributed by atoms with Crippen molar-refractivity contribution in [3.05, 3.63) is 35.0 Å². The van der Waals surface area contributed by atoms with Crippen LogP contribution in [-0.2, 0) is 7.05 Å². The number of hydrogen-bond donors (Lipinski definition) is 1. The third-order valence-electron chi connectivity index (χ3n) is 3.75. The lowest BCUT2D eigenvalue weighted by Crippen LogP contribution is -2.12. The Morgan fingerprint density at radius 1 is 1.05 bits per heavy atom. The summed E-state index contributed by atoms with van der Waals surface area (Å²) < 4.78 is 1.85. The molecule has 0 aliphatic rings. The first-order chi connectivity index (χ1) is 10.3. The first-order valence-electron chi connectivity index (χ1n) is 7.93. The van der Waals surface area contributed by atoms with Gasteiger partial charge in [0.1, 0.15) is 11.6 Å². The van der Waals surface area contributed by atoms with E-state index in [4.69, 9.17) is 0 Å². The normalized spacial score (nSPS) is 13.0. The van der Waals surface area contributed by atoms with Crippen molar-refractivity contribution in [2.24, 2.45) is 7.05 Å². The van der Waals surface area contributed by atoms with Crippen LogP contribution >= 0.6 is 0 Å². The second-order valence-electron chi connectivity index (χ2n) is 6.56. The highest BCUT2D eigenvalue weighted by atomic mass is 15.3. The predicted octanol–water partition coefficient (Wildman–Crippen LogP) is 3.94. The van der Waals surface area contributed by atoms with Crippen molar-refractivity contribution in [2.45, 2.75) is 59.4 Å². The Morgan fingerprint density at radius 2 is 1.73 bits per heavy atom. The van der Waals surface area contributed by atoms with Crippen LogP contribution in [0.2, 0.25) is 0 Å². The van der Waals surface area contributed by atoms with Gasteiger partial charge in [-0.3, -0.25) is 4.68 Å². The van der Waals surface area contributed by atoms with Gasteiger partial charge in [-0.1, -0.05) is 27.7 Å². The third kappa shape index (κ3) is 3.64. The van der Waals surface area contributed by atoms with Crippen LogP contribution in [0.4, 0.5) is 5.82 Å². The molecular formula is C17H27N5. The van der Waals surface area contributed by atoms with Crippen LogP contribution < -0.4 is 5.32 Å². The summed E-state index contributed by atoms with van der Waals surface area (Å²) in [6.45, 7) is 12.7. The van der Waals surface area contributed by atoms with E-state index in [-0.39, 0.29) is 6.04 Å². The summed E-state index contributed by atoms with van der Waals surface area (Å²) in [5.41, 5.74) is 3.32. The largest absolute Gasteiger partial charge is 0.363 e. The first kappa shape index (κ1) is 16.5. The molecule has 0 bridgehead atoms. The molecule has 0 saturated carbocycles. The minimum atomic E-state index is 0.156. The number of anilines is 1. The van der Waals surface area contributed by atoms with Gasteiger partial charge in [-0.15, -0.1) is 0 Å². The SMILES string of the molecule is Cc1nn(C)cc1[C@@H](C)Nc1cc(C(C)C)nc(C(C)C)n1. The molecule has 0 aliphatic heterocycles. The van der Waals surface area contributed by atoms with Crippen molar-refractivity contribution < 1.29 is 0 Å². The van der Waals surface area contributed by atoms with E-state index in [9.17, 15) is 0 Å². The van der Waals surface area contributed by atoms with Crippen molar-refractivity contribution in [2.75, 3.05) is 5.32 Å². The van der Waals surface area contributed by atoms with Crippen LogP contribution in [-0.4, -0.2) is 19.7 Å². The summed E-state index contributed by atoms with van der Waals surface area (Å²) in [6, 6.07) is 2.21. The van der Waals surface area contributed by atoms with E-state index in [0.717, 1.165) is 23.0 Å². The highest BCUT2D eigenvalue weighted by Gasteiger charge is 2.15. The maximum Gasteiger partial charge on any atom is 0.133 e. The average molecular weight is 301 g/mol. The predicted molar refractivity (Wildman–Crippen MR) is 90.2 cm³/mol. The summed E-state index contributed by atoms with van der Waals surface area (Å²) in [5.74, 6) is 2.48. The molecular weight excluding hydrogens is 274 g/mol. The van der Waals surface area contributed by atoms with E-state index in [0.29, 0.717) is 11.8 Å². The van der Waals surface area contributed by atoms with E-state index < -0.39 is 0 Å². The molecule has 0 saturated heterocycles. The van der Waals surface area contributed by atoms with Gasteiger partial charge >= 0.3 is 0 Å². The number of nitrogens with one attached hydrogen (secondary N) is 1. The molecule has 1 atom stereocenters. The summed E-state index contributed by atoms with van der Waals surface area (Å²) in [7, 11) is 1.95. The Hall–Kier alpha value is -1.91. The topological polar surface area (TPSA) is 55.6 Å². The number of hydrogen-bond acceptors (Lipinski definition) is 4. The van der Waals surface area contributed by atoms with Crippen molar-refractivity contribution in [1.29, 1.82) is 0 Å². The Morgan fingerprint density at radius 3 is 2.23 bits per heavy atom. The Labute approximate surface area is 133 Å². The zero-order valence-electron chi connectivity index (χ0n) is 14.7. The van der Waals surface area contributed by atoms with Crippen LogP contribution in [0.1, 0.15) is 75.3 Å². The summed E-state index contributed by atoms with van der Waals surface area (Å²) in [6.07, 6.45) is 2.06. The Bertz CT molecular complexity index is 616.